The van der Waals surface area contributed by atoms with Crippen LogP contribution in [-0.2, 0) is 6.42 Å². The van der Waals surface area contributed by atoms with Crippen LogP contribution < -0.4 is 5.32 Å². The molecule has 5 heteroatoms. The lowest BCUT2D eigenvalue weighted by Gasteiger charge is -2.06. The van der Waals surface area contributed by atoms with Crippen molar-refractivity contribution in [1.82, 2.24) is 14.9 Å². The highest BCUT2D eigenvalue weighted by Crippen LogP contribution is 2.10. The Morgan fingerprint density at radius 3 is 2.62 bits per heavy atom. The summed E-state index contributed by atoms with van der Waals surface area (Å²) in [5.41, 5.74) is 3.52. The molecule has 0 saturated carbocycles. The summed E-state index contributed by atoms with van der Waals surface area (Å²) in [5.74, 6) is -0.0430. The van der Waals surface area contributed by atoms with E-state index >= 15 is 0 Å². The third kappa shape index (κ3) is 3.38. The Morgan fingerprint density at radius 1 is 1.19 bits per heavy atom. The van der Waals surface area contributed by atoms with Gasteiger partial charge in [-0.25, -0.2) is 0 Å². The fourth-order valence-corrected chi connectivity index (χ4v) is 2.66. The minimum Gasteiger partial charge on any atom is -0.352 e. The van der Waals surface area contributed by atoms with Crippen LogP contribution in [-0.4, -0.2) is 22.0 Å². The molecule has 0 aliphatic rings. The molecule has 0 spiro atoms. The second-order valence-electron chi connectivity index (χ2n) is 4.61. The predicted molar refractivity (Wildman–Crippen MR) is 83.9 cm³/mol. The Labute approximate surface area is 127 Å². The SMILES string of the molecule is O=C(NCCc1cncs1)c1ccc(-n2cccc2)cc1. The maximum absolute atomic E-state index is 12.0. The van der Waals surface area contributed by atoms with Crippen LogP contribution in [0.15, 0.2) is 60.5 Å². The Bertz CT molecular complexity index is 688. The van der Waals surface area contributed by atoms with Crippen LogP contribution >= 0.6 is 11.3 Å². The van der Waals surface area contributed by atoms with Gasteiger partial charge in [-0.05, 0) is 36.4 Å². The number of carbonyl (C=O) groups excluding carboxylic acids is 1. The van der Waals surface area contributed by atoms with Gasteiger partial charge in [0, 0.05) is 47.7 Å². The zero-order valence-electron chi connectivity index (χ0n) is 11.4. The van der Waals surface area contributed by atoms with Crippen molar-refractivity contribution >= 4 is 17.2 Å². The summed E-state index contributed by atoms with van der Waals surface area (Å²) in [6, 6.07) is 11.5. The van der Waals surface area contributed by atoms with Gasteiger partial charge < -0.3 is 9.88 Å². The third-order valence-electron chi connectivity index (χ3n) is 3.17. The third-order valence-corrected chi connectivity index (χ3v) is 4.01. The van der Waals surface area contributed by atoms with Gasteiger partial charge in [0.15, 0.2) is 0 Å². The number of rotatable bonds is 5. The van der Waals surface area contributed by atoms with Gasteiger partial charge in [0.05, 0.1) is 5.51 Å². The maximum atomic E-state index is 12.0. The van der Waals surface area contributed by atoms with E-state index in [0.29, 0.717) is 12.1 Å². The highest BCUT2D eigenvalue weighted by Gasteiger charge is 2.05. The zero-order valence-corrected chi connectivity index (χ0v) is 12.2. The number of carbonyl (C=O) groups is 1. The van der Waals surface area contributed by atoms with E-state index < -0.39 is 0 Å². The lowest BCUT2D eigenvalue weighted by molar-refractivity contribution is 0.0954. The number of nitrogens with zero attached hydrogens (tertiary/aromatic N) is 2. The van der Waals surface area contributed by atoms with Gasteiger partial charge in [0.2, 0.25) is 0 Å². The lowest BCUT2D eigenvalue weighted by atomic mass is 10.2. The van der Waals surface area contributed by atoms with Crippen molar-refractivity contribution in [2.75, 3.05) is 6.54 Å². The van der Waals surface area contributed by atoms with Crippen LogP contribution in [0.3, 0.4) is 0 Å². The molecule has 0 saturated heterocycles. The summed E-state index contributed by atoms with van der Waals surface area (Å²) >= 11 is 1.61. The highest BCUT2D eigenvalue weighted by atomic mass is 32.1. The van der Waals surface area contributed by atoms with Crippen molar-refractivity contribution in [3.8, 4) is 5.69 Å². The molecule has 106 valence electrons. The fourth-order valence-electron chi connectivity index (χ4n) is 2.06. The maximum Gasteiger partial charge on any atom is 0.251 e. The van der Waals surface area contributed by atoms with Crippen molar-refractivity contribution < 1.29 is 4.79 Å². The molecule has 3 rings (SSSR count). The lowest BCUT2D eigenvalue weighted by Crippen LogP contribution is -2.25. The number of hydrogen-bond donors (Lipinski definition) is 1. The summed E-state index contributed by atoms with van der Waals surface area (Å²) in [7, 11) is 0. The molecule has 0 unspecified atom stereocenters. The van der Waals surface area contributed by atoms with Crippen LogP contribution in [0.4, 0.5) is 0 Å². The van der Waals surface area contributed by atoms with Gasteiger partial charge in [0.1, 0.15) is 0 Å². The number of hydrogen-bond acceptors (Lipinski definition) is 3. The van der Waals surface area contributed by atoms with E-state index in [9.17, 15) is 4.79 Å². The number of thiazole rings is 1. The van der Waals surface area contributed by atoms with Gasteiger partial charge >= 0.3 is 0 Å². The van der Waals surface area contributed by atoms with Gasteiger partial charge in [-0.3, -0.25) is 9.78 Å². The summed E-state index contributed by atoms with van der Waals surface area (Å²) in [5, 5.41) is 2.92. The predicted octanol–water partition coefficient (Wildman–Crippen LogP) is 2.91. The van der Waals surface area contributed by atoms with E-state index in [2.05, 4.69) is 10.3 Å². The molecule has 1 amide bonds. The zero-order chi connectivity index (χ0) is 14.5. The molecule has 4 nitrogen and oxygen atoms in total. The number of nitrogens with one attached hydrogen (secondary N) is 1. The van der Waals surface area contributed by atoms with E-state index in [1.54, 1.807) is 16.8 Å². The molecule has 3 aromatic rings. The normalized spacial score (nSPS) is 10.5. The highest BCUT2D eigenvalue weighted by molar-refractivity contribution is 7.09. The van der Waals surface area contributed by atoms with Crippen molar-refractivity contribution in [3.05, 3.63) is 70.9 Å². The van der Waals surface area contributed by atoms with Gasteiger partial charge in [-0.15, -0.1) is 11.3 Å². The molecular weight excluding hydrogens is 282 g/mol. The van der Waals surface area contributed by atoms with Gasteiger partial charge in [0.25, 0.3) is 5.91 Å². The smallest absolute Gasteiger partial charge is 0.251 e. The Hall–Kier alpha value is -2.40. The summed E-state index contributed by atoms with van der Waals surface area (Å²) in [6.07, 6.45) is 6.61. The first-order valence-electron chi connectivity index (χ1n) is 6.72. The molecule has 0 bridgehead atoms. The monoisotopic (exact) mass is 297 g/mol. The standard InChI is InChI=1S/C16H15N3OS/c20-16(18-8-7-15-11-17-12-21-15)13-3-5-14(6-4-13)19-9-1-2-10-19/h1-6,9-12H,7-8H2,(H,18,20). The van der Waals surface area contributed by atoms with Crippen LogP contribution in [0.25, 0.3) is 5.69 Å². The molecular formula is C16H15N3OS. The minimum atomic E-state index is -0.0430. The van der Waals surface area contributed by atoms with E-state index in [1.807, 2.05) is 59.6 Å². The van der Waals surface area contributed by atoms with Crippen molar-refractivity contribution in [3.63, 3.8) is 0 Å². The minimum absolute atomic E-state index is 0.0430. The topological polar surface area (TPSA) is 46.9 Å². The molecule has 0 aliphatic heterocycles. The number of amides is 1. The molecule has 0 radical (unpaired) electrons. The van der Waals surface area contributed by atoms with Crippen LogP contribution in [0.1, 0.15) is 15.2 Å². The molecule has 2 aromatic heterocycles. The second kappa shape index (κ2) is 6.37. The van der Waals surface area contributed by atoms with E-state index in [1.165, 1.54) is 4.88 Å². The molecule has 21 heavy (non-hydrogen) atoms. The van der Waals surface area contributed by atoms with Crippen LogP contribution in [0, 0.1) is 0 Å². The molecule has 0 aliphatic carbocycles. The van der Waals surface area contributed by atoms with Crippen molar-refractivity contribution in [2.45, 2.75) is 6.42 Å². The fraction of sp³-hybridized carbons (Fsp3) is 0.125. The van der Waals surface area contributed by atoms with Crippen molar-refractivity contribution in [1.29, 1.82) is 0 Å². The molecule has 2 heterocycles. The Balaban J connectivity index is 1.57. The summed E-state index contributed by atoms with van der Waals surface area (Å²) in [4.78, 5) is 17.2. The number of aromatic nitrogens is 2. The second-order valence-corrected chi connectivity index (χ2v) is 5.58. The van der Waals surface area contributed by atoms with Crippen LogP contribution in [0.2, 0.25) is 0 Å². The first-order chi connectivity index (χ1) is 10.3. The molecule has 0 atom stereocenters. The first-order valence-corrected chi connectivity index (χ1v) is 7.60. The Morgan fingerprint density at radius 2 is 1.95 bits per heavy atom. The first kappa shape index (κ1) is 13.6. The van der Waals surface area contributed by atoms with E-state index in [0.717, 1.165) is 12.1 Å². The van der Waals surface area contributed by atoms with Gasteiger partial charge in [-0.1, -0.05) is 0 Å². The van der Waals surface area contributed by atoms with E-state index in [4.69, 9.17) is 0 Å². The molecule has 1 aromatic carbocycles. The van der Waals surface area contributed by atoms with Crippen LogP contribution in [0.5, 0.6) is 0 Å². The number of benzene rings is 1. The van der Waals surface area contributed by atoms with E-state index in [-0.39, 0.29) is 5.91 Å². The average Bonchev–Trinajstić information content (AvgIpc) is 3.21. The molecule has 0 fully saturated rings. The largest absolute Gasteiger partial charge is 0.352 e. The molecule has 1 N–H and O–H groups in total. The van der Waals surface area contributed by atoms with Gasteiger partial charge in [-0.2, -0.15) is 0 Å². The summed E-state index contributed by atoms with van der Waals surface area (Å²) < 4.78 is 2.01. The quantitative estimate of drug-likeness (QED) is 0.787. The Kier molecular flexibility index (Phi) is 4.12. The summed E-state index contributed by atoms with van der Waals surface area (Å²) in [6.45, 7) is 0.625. The average molecular weight is 297 g/mol. The van der Waals surface area contributed by atoms with Crippen molar-refractivity contribution in [2.24, 2.45) is 0 Å².